The first-order valence-electron chi connectivity index (χ1n) is 7.00. The lowest BCUT2D eigenvalue weighted by molar-refractivity contribution is 0.476. The molecule has 2 aromatic carbocycles. The fraction of sp³-hybridized carbons (Fsp3) is 0.0556. The van der Waals surface area contributed by atoms with Gasteiger partial charge >= 0.3 is 0 Å². The van der Waals surface area contributed by atoms with Gasteiger partial charge in [0.15, 0.2) is 0 Å². The monoisotopic (exact) mass is 292 g/mol. The number of aromatic amines is 1. The number of aromatic hydroxyl groups is 1. The van der Waals surface area contributed by atoms with Crippen molar-refractivity contribution in [2.24, 2.45) is 0 Å². The number of fused-ring (bicyclic) bond motifs is 2. The first-order valence-corrected chi connectivity index (χ1v) is 7.00. The Hall–Kier alpha value is -2.88. The average molecular weight is 292 g/mol. The van der Waals surface area contributed by atoms with E-state index < -0.39 is 0 Å². The molecule has 2 heterocycles. The zero-order valence-electron chi connectivity index (χ0n) is 11.9. The number of nitrogens with one attached hydrogen (secondary N) is 1. The summed E-state index contributed by atoms with van der Waals surface area (Å²) in [5, 5.41) is 11.9. The molecule has 4 heteroatoms. The molecular weight excluding hydrogens is 279 g/mol. The van der Waals surface area contributed by atoms with Crippen molar-refractivity contribution in [1.82, 2.24) is 9.97 Å². The third kappa shape index (κ3) is 1.84. The lowest BCUT2D eigenvalue weighted by Gasteiger charge is -2.06. The highest BCUT2D eigenvalue weighted by Crippen LogP contribution is 2.35. The highest BCUT2D eigenvalue weighted by Gasteiger charge is 2.14. The van der Waals surface area contributed by atoms with Crippen molar-refractivity contribution in [2.75, 3.05) is 0 Å². The van der Waals surface area contributed by atoms with Gasteiger partial charge in [-0.2, -0.15) is 0 Å². The summed E-state index contributed by atoms with van der Waals surface area (Å²) in [7, 11) is 0. The molecule has 0 atom stereocenters. The van der Waals surface area contributed by atoms with E-state index in [1.165, 1.54) is 6.07 Å². The molecule has 0 aliphatic rings. The molecule has 4 rings (SSSR count). The van der Waals surface area contributed by atoms with Crippen molar-refractivity contribution < 1.29 is 9.50 Å². The maximum atomic E-state index is 13.9. The fourth-order valence-corrected chi connectivity index (χ4v) is 2.75. The van der Waals surface area contributed by atoms with Crippen LogP contribution in [0.2, 0.25) is 0 Å². The van der Waals surface area contributed by atoms with Crippen molar-refractivity contribution in [2.45, 2.75) is 6.92 Å². The molecule has 2 aromatic heterocycles. The van der Waals surface area contributed by atoms with Gasteiger partial charge in [-0.05, 0) is 36.8 Å². The first kappa shape index (κ1) is 12.8. The molecule has 0 unspecified atom stereocenters. The van der Waals surface area contributed by atoms with Gasteiger partial charge in [0.25, 0.3) is 0 Å². The summed E-state index contributed by atoms with van der Waals surface area (Å²) < 4.78 is 13.9. The van der Waals surface area contributed by atoms with Gasteiger partial charge in [0, 0.05) is 28.0 Å². The van der Waals surface area contributed by atoms with Crippen LogP contribution in [-0.4, -0.2) is 15.1 Å². The van der Waals surface area contributed by atoms with E-state index in [4.69, 9.17) is 0 Å². The second-order valence-electron chi connectivity index (χ2n) is 5.40. The zero-order chi connectivity index (χ0) is 15.3. The number of pyridine rings is 1. The number of benzene rings is 2. The molecule has 0 radical (unpaired) electrons. The molecule has 0 saturated carbocycles. The number of hydrogen-bond donors (Lipinski definition) is 2. The summed E-state index contributed by atoms with van der Waals surface area (Å²) in [6.45, 7) is 1.72. The molecule has 2 N–H and O–H groups in total. The summed E-state index contributed by atoms with van der Waals surface area (Å²) in [5.41, 5.74) is 3.34. The van der Waals surface area contributed by atoms with E-state index in [0.29, 0.717) is 22.2 Å². The van der Waals surface area contributed by atoms with Crippen molar-refractivity contribution in [3.8, 4) is 17.0 Å². The Labute approximate surface area is 126 Å². The number of rotatable bonds is 1. The van der Waals surface area contributed by atoms with Crippen LogP contribution in [0, 0.1) is 12.7 Å². The summed E-state index contributed by atoms with van der Waals surface area (Å²) in [4.78, 5) is 7.64. The number of nitrogens with zero attached hydrogens (tertiary/aromatic N) is 1. The van der Waals surface area contributed by atoms with Gasteiger partial charge < -0.3 is 10.1 Å². The Kier molecular flexibility index (Phi) is 2.66. The summed E-state index contributed by atoms with van der Waals surface area (Å²) in [6, 6.07) is 12.5. The highest BCUT2D eigenvalue weighted by atomic mass is 19.1. The van der Waals surface area contributed by atoms with E-state index in [0.717, 1.165) is 16.4 Å². The van der Waals surface area contributed by atoms with Gasteiger partial charge in [0.1, 0.15) is 17.3 Å². The number of hydrogen-bond acceptors (Lipinski definition) is 2. The van der Waals surface area contributed by atoms with Crippen LogP contribution in [0.3, 0.4) is 0 Å². The summed E-state index contributed by atoms with van der Waals surface area (Å²) >= 11 is 0. The molecule has 3 nitrogen and oxygen atoms in total. The quantitative estimate of drug-likeness (QED) is 0.541. The molecule has 0 aliphatic heterocycles. The average Bonchev–Trinajstić information content (AvgIpc) is 2.89. The largest absolute Gasteiger partial charge is 0.506 e. The Morgan fingerprint density at radius 3 is 2.82 bits per heavy atom. The van der Waals surface area contributed by atoms with E-state index in [1.54, 1.807) is 25.3 Å². The third-order valence-electron chi connectivity index (χ3n) is 3.92. The van der Waals surface area contributed by atoms with Gasteiger partial charge in [-0.1, -0.05) is 18.2 Å². The van der Waals surface area contributed by atoms with Crippen LogP contribution < -0.4 is 0 Å². The number of halogens is 1. The zero-order valence-corrected chi connectivity index (χ0v) is 11.9. The number of H-pyrrole nitrogens is 1. The summed E-state index contributed by atoms with van der Waals surface area (Å²) in [6.07, 6.45) is 1.75. The Bertz CT molecular complexity index is 1020. The van der Waals surface area contributed by atoms with Crippen LogP contribution in [0.4, 0.5) is 4.39 Å². The smallest absolute Gasteiger partial charge is 0.142 e. The van der Waals surface area contributed by atoms with Crippen molar-refractivity contribution in [3.63, 3.8) is 0 Å². The van der Waals surface area contributed by atoms with Crippen LogP contribution in [0.15, 0.2) is 48.7 Å². The molecule has 22 heavy (non-hydrogen) atoms. The van der Waals surface area contributed by atoms with Gasteiger partial charge in [-0.3, -0.25) is 0 Å². The van der Waals surface area contributed by atoms with Gasteiger partial charge in [0.05, 0.1) is 5.52 Å². The van der Waals surface area contributed by atoms with E-state index in [9.17, 15) is 9.50 Å². The van der Waals surface area contributed by atoms with Crippen molar-refractivity contribution in [1.29, 1.82) is 0 Å². The van der Waals surface area contributed by atoms with Crippen molar-refractivity contribution >= 4 is 21.8 Å². The molecule has 0 amide bonds. The lowest BCUT2D eigenvalue weighted by atomic mass is 10.1. The third-order valence-corrected chi connectivity index (χ3v) is 3.92. The van der Waals surface area contributed by atoms with Crippen LogP contribution in [-0.2, 0) is 0 Å². The number of para-hydroxylation sites is 1. The maximum absolute atomic E-state index is 13.9. The second kappa shape index (κ2) is 4.56. The van der Waals surface area contributed by atoms with Crippen LogP contribution in [0.25, 0.3) is 33.1 Å². The van der Waals surface area contributed by atoms with Crippen molar-refractivity contribution in [3.05, 3.63) is 60.0 Å². The summed E-state index contributed by atoms with van der Waals surface area (Å²) in [5.74, 6) is -0.186. The molecule has 0 bridgehead atoms. The second-order valence-corrected chi connectivity index (χ2v) is 5.40. The van der Waals surface area contributed by atoms with Gasteiger partial charge in [-0.25, -0.2) is 9.37 Å². The minimum Gasteiger partial charge on any atom is -0.506 e. The molecule has 0 spiro atoms. The molecule has 0 fully saturated rings. The van der Waals surface area contributed by atoms with Gasteiger partial charge in [-0.15, -0.1) is 0 Å². The predicted molar refractivity (Wildman–Crippen MR) is 85.4 cm³/mol. The van der Waals surface area contributed by atoms with E-state index >= 15 is 0 Å². The van der Waals surface area contributed by atoms with Crippen LogP contribution >= 0.6 is 0 Å². The Morgan fingerprint density at radius 1 is 1.14 bits per heavy atom. The normalized spacial score (nSPS) is 11.4. The first-order chi connectivity index (χ1) is 10.6. The van der Waals surface area contributed by atoms with E-state index in [-0.39, 0.29) is 11.6 Å². The van der Waals surface area contributed by atoms with Gasteiger partial charge in [0.2, 0.25) is 0 Å². The molecular formula is C18H13FN2O. The highest BCUT2D eigenvalue weighted by molar-refractivity contribution is 5.98. The minimum absolute atomic E-state index is 0.0839. The Morgan fingerprint density at radius 2 is 1.95 bits per heavy atom. The van der Waals surface area contributed by atoms with E-state index in [2.05, 4.69) is 9.97 Å². The van der Waals surface area contributed by atoms with Crippen LogP contribution in [0.1, 0.15) is 5.56 Å². The van der Waals surface area contributed by atoms with Crippen LogP contribution in [0.5, 0.6) is 5.75 Å². The molecule has 0 aliphatic carbocycles. The maximum Gasteiger partial charge on any atom is 0.142 e. The SMILES string of the molecule is Cc1cc2[nH]cc(-c3nc4ccccc4cc3O)c2cc1F. The molecule has 0 saturated heterocycles. The van der Waals surface area contributed by atoms with E-state index in [1.807, 2.05) is 24.3 Å². The molecule has 108 valence electrons. The fourth-order valence-electron chi connectivity index (χ4n) is 2.75. The Balaban J connectivity index is 2.02. The topological polar surface area (TPSA) is 48.9 Å². The predicted octanol–water partition coefficient (Wildman–Crippen LogP) is 4.54. The lowest BCUT2D eigenvalue weighted by Crippen LogP contribution is -1.87. The number of aromatic nitrogens is 2. The number of aryl methyl sites for hydroxylation is 1. The minimum atomic E-state index is -0.270. The standard InChI is InChI=1S/C18H13FN2O/c1-10-6-16-12(8-14(10)19)13(9-20-16)18-17(22)7-11-4-2-3-5-15(11)21-18/h2-9,20,22H,1H3. The molecule has 4 aromatic rings.